The van der Waals surface area contributed by atoms with Crippen LogP contribution in [0.25, 0.3) is 0 Å². The van der Waals surface area contributed by atoms with Gasteiger partial charge >= 0.3 is 0 Å². The SMILES string of the molecule is C1=C2OCCCC12. The first-order valence-electron chi connectivity index (χ1n) is 2.81. The van der Waals surface area contributed by atoms with Gasteiger partial charge in [-0.1, -0.05) is 0 Å². The molecule has 0 amide bonds. The number of hydrogen-bond acceptors (Lipinski definition) is 1. The van der Waals surface area contributed by atoms with Crippen molar-refractivity contribution in [1.82, 2.24) is 0 Å². The van der Waals surface area contributed by atoms with Gasteiger partial charge in [-0.2, -0.15) is 0 Å². The van der Waals surface area contributed by atoms with Crippen LogP contribution in [-0.2, 0) is 4.74 Å². The van der Waals surface area contributed by atoms with Crippen LogP contribution in [0.5, 0.6) is 0 Å². The van der Waals surface area contributed by atoms with Gasteiger partial charge in [0.15, 0.2) is 0 Å². The van der Waals surface area contributed by atoms with Crippen LogP contribution in [0.15, 0.2) is 11.8 Å². The molecule has 2 aliphatic rings. The highest BCUT2D eigenvalue weighted by atomic mass is 16.5. The van der Waals surface area contributed by atoms with Gasteiger partial charge in [-0.15, -0.1) is 0 Å². The second-order valence-electron chi connectivity index (χ2n) is 2.17. The number of hydrogen-bond donors (Lipinski definition) is 0. The fraction of sp³-hybridized carbons (Fsp3) is 0.667. The van der Waals surface area contributed by atoms with Gasteiger partial charge < -0.3 is 4.74 Å². The molecule has 1 atom stereocenters. The number of rotatable bonds is 0. The maximum atomic E-state index is 5.21. The Bertz CT molecular complexity index is 115. The van der Waals surface area contributed by atoms with Crippen molar-refractivity contribution in [3.63, 3.8) is 0 Å². The molecule has 0 spiro atoms. The zero-order valence-electron chi connectivity index (χ0n) is 4.18. The van der Waals surface area contributed by atoms with Crippen LogP contribution in [0.4, 0.5) is 0 Å². The van der Waals surface area contributed by atoms with Crippen LogP contribution in [0.1, 0.15) is 12.8 Å². The smallest absolute Gasteiger partial charge is 0.0997 e. The molecule has 1 heteroatoms. The van der Waals surface area contributed by atoms with Crippen LogP contribution in [0, 0.1) is 5.92 Å². The van der Waals surface area contributed by atoms with E-state index in [1.54, 1.807) is 0 Å². The van der Waals surface area contributed by atoms with E-state index < -0.39 is 0 Å². The average molecular weight is 96.1 g/mol. The quantitative estimate of drug-likeness (QED) is 0.442. The largest absolute Gasteiger partial charge is 0.498 e. The zero-order chi connectivity index (χ0) is 4.69. The molecule has 0 saturated carbocycles. The first-order chi connectivity index (χ1) is 3.47. The highest BCUT2D eigenvalue weighted by Crippen LogP contribution is 2.37. The third-order valence-corrected chi connectivity index (χ3v) is 1.55. The van der Waals surface area contributed by atoms with E-state index in [-0.39, 0.29) is 0 Å². The zero-order valence-corrected chi connectivity index (χ0v) is 4.18. The summed E-state index contributed by atoms with van der Waals surface area (Å²) in [5.41, 5.74) is 0. The van der Waals surface area contributed by atoms with Gasteiger partial charge in [0, 0.05) is 5.92 Å². The standard InChI is InChI=1S/C6H8O/c1-2-5-4-6(5)7-3-1/h4-5H,1-3H2. The summed E-state index contributed by atoms with van der Waals surface area (Å²) in [7, 11) is 0. The molecule has 1 saturated heterocycles. The first kappa shape index (κ1) is 3.53. The molecular formula is C6H8O. The van der Waals surface area contributed by atoms with Crippen molar-refractivity contribution in [2.24, 2.45) is 5.92 Å². The Labute approximate surface area is 43.0 Å². The molecular weight excluding hydrogens is 88.1 g/mol. The normalized spacial score (nSPS) is 35.4. The van der Waals surface area contributed by atoms with E-state index in [4.69, 9.17) is 4.74 Å². The number of ether oxygens (including phenoxy) is 1. The highest BCUT2D eigenvalue weighted by Gasteiger charge is 2.29. The Balaban J connectivity index is 2.02. The van der Waals surface area contributed by atoms with Crippen molar-refractivity contribution in [2.45, 2.75) is 12.8 Å². The maximum absolute atomic E-state index is 5.21. The van der Waals surface area contributed by atoms with Gasteiger partial charge in [-0.3, -0.25) is 0 Å². The molecule has 0 aromatic heterocycles. The van der Waals surface area contributed by atoms with Crippen LogP contribution in [0.2, 0.25) is 0 Å². The van der Waals surface area contributed by atoms with Crippen LogP contribution in [-0.4, -0.2) is 6.61 Å². The summed E-state index contributed by atoms with van der Waals surface area (Å²) in [4.78, 5) is 0. The molecule has 0 bridgehead atoms. The molecule has 1 nitrogen and oxygen atoms in total. The van der Waals surface area contributed by atoms with Gasteiger partial charge in [-0.25, -0.2) is 0 Å². The van der Waals surface area contributed by atoms with Crippen molar-refractivity contribution in [2.75, 3.05) is 6.61 Å². The summed E-state index contributed by atoms with van der Waals surface area (Å²) in [5, 5.41) is 0. The highest BCUT2D eigenvalue weighted by molar-refractivity contribution is 5.23. The van der Waals surface area contributed by atoms with E-state index in [2.05, 4.69) is 6.08 Å². The lowest BCUT2D eigenvalue weighted by Crippen LogP contribution is -1.99. The summed E-state index contributed by atoms with van der Waals surface area (Å²) in [6.07, 6.45) is 4.80. The van der Waals surface area contributed by atoms with E-state index in [0.29, 0.717) is 0 Å². The lowest BCUT2D eigenvalue weighted by molar-refractivity contribution is 0.178. The van der Waals surface area contributed by atoms with E-state index in [9.17, 15) is 0 Å². The summed E-state index contributed by atoms with van der Waals surface area (Å²) < 4.78 is 5.21. The van der Waals surface area contributed by atoms with Crippen molar-refractivity contribution >= 4 is 0 Å². The van der Waals surface area contributed by atoms with Gasteiger partial charge in [0.2, 0.25) is 0 Å². The molecule has 0 aromatic carbocycles. The van der Waals surface area contributed by atoms with E-state index in [1.165, 1.54) is 18.6 Å². The lowest BCUT2D eigenvalue weighted by atomic mass is 10.2. The molecule has 0 radical (unpaired) electrons. The molecule has 1 aliphatic carbocycles. The second-order valence-corrected chi connectivity index (χ2v) is 2.17. The predicted octanol–water partition coefficient (Wildman–Crippen LogP) is 1.31. The molecule has 38 valence electrons. The lowest BCUT2D eigenvalue weighted by Gasteiger charge is -2.08. The van der Waals surface area contributed by atoms with E-state index >= 15 is 0 Å². The Kier molecular flexibility index (Phi) is 0.518. The van der Waals surface area contributed by atoms with Crippen molar-refractivity contribution in [3.8, 4) is 0 Å². The molecule has 1 heterocycles. The number of fused-ring (bicyclic) bond motifs is 1. The van der Waals surface area contributed by atoms with Crippen LogP contribution < -0.4 is 0 Å². The Morgan fingerprint density at radius 1 is 1.71 bits per heavy atom. The van der Waals surface area contributed by atoms with E-state index in [1.807, 2.05) is 0 Å². The molecule has 0 aromatic rings. The topological polar surface area (TPSA) is 9.23 Å². The molecule has 2 rings (SSSR count). The fourth-order valence-corrected chi connectivity index (χ4v) is 1.02. The summed E-state index contributed by atoms with van der Waals surface area (Å²) in [6.45, 7) is 0.961. The maximum Gasteiger partial charge on any atom is 0.0997 e. The molecule has 1 aliphatic heterocycles. The minimum atomic E-state index is 0.772. The minimum Gasteiger partial charge on any atom is -0.498 e. The van der Waals surface area contributed by atoms with Gasteiger partial charge in [0.05, 0.1) is 12.4 Å². The summed E-state index contributed by atoms with van der Waals surface area (Å²) >= 11 is 0. The second kappa shape index (κ2) is 1.03. The predicted molar refractivity (Wildman–Crippen MR) is 26.8 cm³/mol. The van der Waals surface area contributed by atoms with E-state index in [0.717, 1.165) is 12.5 Å². The monoisotopic (exact) mass is 96.1 g/mol. The van der Waals surface area contributed by atoms with Crippen molar-refractivity contribution < 1.29 is 4.74 Å². The third-order valence-electron chi connectivity index (χ3n) is 1.55. The minimum absolute atomic E-state index is 0.772. The fourth-order valence-electron chi connectivity index (χ4n) is 1.02. The number of allylic oxidation sites excluding steroid dienone is 2. The molecule has 1 fully saturated rings. The third kappa shape index (κ3) is 0.441. The molecule has 0 N–H and O–H groups in total. The molecule has 7 heavy (non-hydrogen) atoms. The Morgan fingerprint density at radius 2 is 2.71 bits per heavy atom. The van der Waals surface area contributed by atoms with Gasteiger partial charge in [-0.05, 0) is 18.9 Å². The van der Waals surface area contributed by atoms with Gasteiger partial charge in [0.1, 0.15) is 0 Å². The Morgan fingerprint density at radius 3 is 3.29 bits per heavy atom. The van der Waals surface area contributed by atoms with Crippen molar-refractivity contribution in [3.05, 3.63) is 11.8 Å². The summed E-state index contributed by atoms with van der Waals surface area (Å²) in [5.74, 6) is 2.03. The van der Waals surface area contributed by atoms with Crippen LogP contribution >= 0.6 is 0 Å². The first-order valence-corrected chi connectivity index (χ1v) is 2.81. The Hall–Kier alpha value is -0.460. The van der Waals surface area contributed by atoms with Crippen LogP contribution in [0.3, 0.4) is 0 Å². The van der Waals surface area contributed by atoms with Gasteiger partial charge in [0.25, 0.3) is 0 Å². The summed E-state index contributed by atoms with van der Waals surface area (Å²) in [6, 6.07) is 0. The molecule has 1 unspecified atom stereocenters. The van der Waals surface area contributed by atoms with Crippen molar-refractivity contribution in [1.29, 1.82) is 0 Å². The average Bonchev–Trinajstić information content (AvgIpc) is 2.41.